The van der Waals surface area contributed by atoms with Gasteiger partial charge in [-0.25, -0.2) is 0 Å². The molecule has 0 saturated heterocycles. The van der Waals surface area contributed by atoms with Crippen LogP contribution in [0.2, 0.25) is 0 Å². The minimum atomic E-state index is -4.87. The minimum Gasteiger partial charge on any atom is -0.284 e. The Balaban J connectivity index is 1.98. The van der Waals surface area contributed by atoms with Crippen LogP contribution in [0.4, 0.5) is 26.3 Å². The topological polar surface area (TPSA) is 31.9 Å². The van der Waals surface area contributed by atoms with Gasteiger partial charge in [-0.1, -0.05) is 6.07 Å². The molecule has 26 heavy (non-hydrogen) atoms. The lowest BCUT2D eigenvalue weighted by atomic mass is 9.98. The average molecular weight is 489 g/mol. The quantitative estimate of drug-likeness (QED) is 0.459. The summed E-state index contributed by atoms with van der Waals surface area (Å²) in [6.07, 6.45) is -9.70. The lowest BCUT2D eigenvalue weighted by molar-refractivity contribution is -0.143. The van der Waals surface area contributed by atoms with E-state index in [1.807, 2.05) is 36.4 Å². The third-order valence-electron chi connectivity index (χ3n) is 4.67. The fourth-order valence-electron chi connectivity index (χ4n) is 3.15. The number of aromatic amines is 1. The summed E-state index contributed by atoms with van der Waals surface area (Å²) in [6.45, 7) is 3.92. The Morgan fingerprint density at radius 2 is 1.81 bits per heavy atom. The van der Waals surface area contributed by atoms with Crippen LogP contribution in [0, 0.1) is 3.70 Å². The predicted molar refractivity (Wildman–Crippen MR) is 90.0 cm³/mol. The van der Waals surface area contributed by atoms with Crippen LogP contribution in [0.3, 0.4) is 0 Å². The first-order valence-electron chi connectivity index (χ1n) is 7.57. The Morgan fingerprint density at radius 3 is 2.35 bits per heavy atom. The SMILES string of the molecule is CC1(C)c2[nH]nc(I)c2CN1Cc1ccc(C(F)(F)F)cc1C(F)(F)F. The standard InChI is InChI=1S/C16H14F6IN3/c1-14(2)12-10(13(23)25-24-12)7-26(14)6-8-3-4-9(15(17,18)19)5-11(8)16(20,21)22/h3-5H,6-7H2,1-2H3,(H,24,25). The summed E-state index contributed by atoms with van der Waals surface area (Å²) in [5.74, 6) is 0. The Morgan fingerprint density at radius 1 is 1.15 bits per heavy atom. The van der Waals surface area contributed by atoms with Gasteiger partial charge in [-0.3, -0.25) is 10.00 Å². The highest BCUT2D eigenvalue weighted by molar-refractivity contribution is 14.1. The lowest BCUT2D eigenvalue weighted by Crippen LogP contribution is -2.36. The van der Waals surface area contributed by atoms with E-state index in [2.05, 4.69) is 10.2 Å². The number of aromatic nitrogens is 2. The van der Waals surface area contributed by atoms with Crippen LogP contribution in [0.25, 0.3) is 0 Å². The molecule has 0 aliphatic carbocycles. The molecule has 142 valence electrons. The molecule has 0 amide bonds. The smallest absolute Gasteiger partial charge is 0.284 e. The molecule has 1 aliphatic rings. The summed E-state index contributed by atoms with van der Waals surface area (Å²) >= 11 is 2.04. The normalized spacial score (nSPS) is 17.6. The third kappa shape index (κ3) is 3.32. The monoisotopic (exact) mass is 489 g/mol. The molecule has 0 unspecified atom stereocenters. The second-order valence-corrected chi connectivity index (χ2v) is 7.67. The van der Waals surface area contributed by atoms with Crippen LogP contribution in [0.15, 0.2) is 18.2 Å². The van der Waals surface area contributed by atoms with E-state index < -0.39 is 29.0 Å². The van der Waals surface area contributed by atoms with Gasteiger partial charge in [0.1, 0.15) is 3.70 Å². The molecule has 3 rings (SSSR count). The van der Waals surface area contributed by atoms with Gasteiger partial charge in [-0.15, -0.1) is 0 Å². The first-order valence-corrected chi connectivity index (χ1v) is 8.65. The molecule has 10 heteroatoms. The van der Waals surface area contributed by atoms with Crippen molar-refractivity contribution in [3.63, 3.8) is 0 Å². The first kappa shape index (κ1) is 19.5. The fraction of sp³-hybridized carbons (Fsp3) is 0.438. The molecule has 3 nitrogen and oxygen atoms in total. The van der Waals surface area contributed by atoms with Gasteiger partial charge in [0.2, 0.25) is 0 Å². The summed E-state index contributed by atoms with van der Waals surface area (Å²) in [6, 6.07) is 1.79. The zero-order chi connectivity index (χ0) is 19.5. The minimum absolute atomic E-state index is 0.126. The van der Waals surface area contributed by atoms with Gasteiger partial charge in [0.15, 0.2) is 0 Å². The average Bonchev–Trinajstić information content (AvgIpc) is 2.97. The number of hydrogen-bond donors (Lipinski definition) is 1. The van der Waals surface area contributed by atoms with E-state index in [4.69, 9.17) is 0 Å². The molecule has 1 aromatic carbocycles. The Labute approximate surface area is 158 Å². The maximum atomic E-state index is 13.3. The van der Waals surface area contributed by atoms with Crippen LogP contribution >= 0.6 is 22.6 Å². The molecule has 2 heterocycles. The summed E-state index contributed by atoms with van der Waals surface area (Å²) < 4.78 is 79.2. The van der Waals surface area contributed by atoms with Crippen LogP contribution < -0.4 is 0 Å². The Kier molecular flexibility index (Phi) is 4.57. The summed E-state index contributed by atoms with van der Waals surface area (Å²) in [4.78, 5) is 1.79. The van der Waals surface area contributed by atoms with Gasteiger partial charge < -0.3 is 0 Å². The van der Waals surface area contributed by atoms with Crippen molar-refractivity contribution in [1.82, 2.24) is 15.1 Å². The highest BCUT2D eigenvalue weighted by atomic mass is 127. The van der Waals surface area contributed by atoms with E-state index in [1.165, 1.54) is 0 Å². The highest BCUT2D eigenvalue weighted by Gasteiger charge is 2.43. The van der Waals surface area contributed by atoms with E-state index in [0.29, 0.717) is 12.6 Å². The summed E-state index contributed by atoms with van der Waals surface area (Å²) in [7, 11) is 0. The lowest BCUT2D eigenvalue weighted by Gasteiger charge is -2.32. The van der Waals surface area contributed by atoms with Crippen LogP contribution in [0.5, 0.6) is 0 Å². The van der Waals surface area contributed by atoms with Gasteiger partial charge >= 0.3 is 12.4 Å². The summed E-state index contributed by atoms with van der Waals surface area (Å²) in [5.41, 5.74) is -1.66. The summed E-state index contributed by atoms with van der Waals surface area (Å²) in [5, 5.41) is 7.00. The molecular formula is C16H14F6IN3. The molecule has 1 aromatic heterocycles. The second kappa shape index (κ2) is 6.11. The molecule has 0 spiro atoms. The number of H-pyrrole nitrogens is 1. The maximum Gasteiger partial charge on any atom is 0.416 e. The van der Waals surface area contributed by atoms with Gasteiger partial charge in [0.05, 0.1) is 22.4 Å². The molecule has 0 atom stereocenters. The molecule has 1 aliphatic heterocycles. The zero-order valence-electron chi connectivity index (χ0n) is 13.7. The number of rotatable bonds is 2. The molecule has 0 fully saturated rings. The van der Waals surface area contributed by atoms with E-state index in [0.717, 1.165) is 21.0 Å². The number of benzene rings is 1. The van der Waals surface area contributed by atoms with Crippen molar-refractivity contribution in [3.8, 4) is 0 Å². The van der Waals surface area contributed by atoms with Crippen molar-refractivity contribution in [3.05, 3.63) is 49.8 Å². The van der Waals surface area contributed by atoms with Crippen molar-refractivity contribution in [2.75, 3.05) is 0 Å². The Bertz CT molecular complexity index is 837. The van der Waals surface area contributed by atoms with Gasteiger partial charge in [0, 0.05) is 18.7 Å². The van der Waals surface area contributed by atoms with E-state index in [-0.39, 0.29) is 18.2 Å². The molecule has 0 radical (unpaired) electrons. The number of halogens is 7. The number of nitrogens with zero attached hydrogens (tertiary/aromatic N) is 2. The molecule has 1 N–H and O–H groups in total. The van der Waals surface area contributed by atoms with Crippen molar-refractivity contribution < 1.29 is 26.3 Å². The molecule has 2 aromatic rings. The number of alkyl halides is 6. The van der Waals surface area contributed by atoms with Crippen molar-refractivity contribution in [2.24, 2.45) is 0 Å². The van der Waals surface area contributed by atoms with Gasteiger partial charge in [-0.05, 0) is 54.1 Å². The molecule has 0 saturated carbocycles. The zero-order valence-corrected chi connectivity index (χ0v) is 15.8. The van der Waals surface area contributed by atoms with Gasteiger partial charge in [-0.2, -0.15) is 31.4 Å². The highest BCUT2D eigenvalue weighted by Crippen LogP contribution is 2.42. The van der Waals surface area contributed by atoms with Crippen molar-refractivity contribution >= 4 is 22.6 Å². The van der Waals surface area contributed by atoms with E-state index in [1.54, 1.807) is 4.90 Å². The fourth-order valence-corrected chi connectivity index (χ4v) is 3.71. The molecular weight excluding hydrogens is 475 g/mol. The first-order chi connectivity index (χ1) is 11.8. The second-order valence-electron chi connectivity index (χ2n) is 6.65. The van der Waals surface area contributed by atoms with Crippen molar-refractivity contribution in [1.29, 1.82) is 0 Å². The number of nitrogens with one attached hydrogen (secondary N) is 1. The maximum absolute atomic E-state index is 13.3. The number of hydrogen-bond acceptors (Lipinski definition) is 2. The third-order valence-corrected chi connectivity index (χ3v) is 5.56. The predicted octanol–water partition coefficient (Wildman–Crippen LogP) is 5.30. The van der Waals surface area contributed by atoms with Crippen LogP contribution in [0.1, 0.15) is 41.8 Å². The van der Waals surface area contributed by atoms with Crippen LogP contribution in [-0.4, -0.2) is 15.1 Å². The van der Waals surface area contributed by atoms with E-state index in [9.17, 15) is 26.3 Å². The van der Waals surface area contributed by atoms with Crippen molar-refractivity contribution in [2.45, 2.75) is 44.8 Å². The Hall–Kier alpha value is -1.30. The van der Waals surface area contributed by atoms with Crippen LogP contribution in [-0.2, 0) is 31.0 Å². The van der Waals surface area contributed by atoms with Gasteiger partial charge in [0.25, 0.3) is 0 Å². The largest absolute Gasteiger partial charge is 0.416 e. The molecule has 0 bridgehead atoms. The van der Waals surface area contributed by atoms with E-state index >= 15 is 0 Å². The number of fused-ring (bicyclic) bond motifs is 1.